The number of fused-ring (bicyclic) bond motifs is 7. The molecule has 5 aliphatic rings. The zero-order valence-corrected chi connectivity index (χ0v) is 23.3. The molecule has 0 bridgehead atoms. The van der Waals surface area contributed by atoms with E-state index in [0.717, 1.165) is 5.57 Å². The van der Waals surface area contributed by atoms with Crippen LogP contribution in [-0.2, 0) is 9.59 Å². The highest BCUT2D eigenvalue weighted by Crippen LogP contribution is 2.75. The van der Waals surface area contributed by atoms with Crippen LogP contribution < -0.4 is 0 Å². The molecule has 208 valence electrons. The Bertz CT molecular complexity index is 1050. The number of allylic oxidation sites excluding steroid dienone is 1. The molecule has 4 saturated carbocycles. The molecular formula is C30H46O7. The summed E-state index contributed by atoms with van der Waals surface area (Å²) in [5.74, 6) is -2.16. The molecule has 5 N–H and O–H groups in total. The predicted molar refractivity (Wildman–Crippen MR) is 137 cm³/mol. The second-order valence-corrected chi connectivity index (χ2v) is 15.0. The van der Waals surface area contributed by atoms with Crippen molar-refractivity contribution >= 4 is 11.8 Å². The summed E-state index contributed by atoms with van der Waals surface area (Å²) in [6.45, 7) is 11.9. The number of hydrogen-bond donors (Lipinski definition) is 5. The minimum absolute atomic E-state index is 0.0668. The lowest BCUT2D eigenvalue weighted by atomic mass is 9.33. The highest BCUT2D eigenvalue weighted by Gasteiger charge is 2.73. The Morgan fingerprint density at radius 3 is 2.16 bits per heavy atom. The van der Waals surface area contributed by atoms with Crippen LogP contribution in [0.5, 0.6) is 0 Å². The summed E-state index contributed by atoms with van der Waals surface area (Å²) in [7, 11) is 0. The van der Waals surface area contributed by atoms with Crippen LogP contribution in [0.3, 0.4) is 0 Å². The Morgan fingerprint density at radius 2 is 1.57 bits per heavy atom. The molecule has 7 nitrogen and oxygen atoms in total. The van der Waals surface area contributed by atoms with Crippen molar-refractivity contribution in [1.82, 2.24) is 0 Å². The van der Waals surface area contributed by atoms with Gasteiger partial charge in [-0.05, 0) is 78.6 Å². The Morgan fingerprint density at radius 1 is 0.946 bits per heavy atom. The van der Waals surface area contributed by atoms with E-state index in [9.17, 15) is 35.1 Å². The van der Waals surface area contributed by atoms with Crippen molar-refractivity contribution in [3.8, 4) is 0 Å². The second-order valence-electron chi connectivity index (χ2n) is 15.0. The molecule has 0 amide bonds. The fourth-order valence-corrected chi connectivity index (χ4v) is 10.6. The molecule has 5 rings (SSSR count). The molecule has 0 aromatic heterocycles. The summed E-state index contributed by atoms with van der Waals surface area (Å²) in [6, 6.07) is 0. The Balaban J connectivity index is 1.69. The van der Waals surface area contributed by atoms with E-state index in [1.807, 2.05) is 27.7 Å². The summed E-state index contributed by atoms with van der Waals surface area (Å²) in [5.41, 5.74) is -3.30. The molecular weight excluding hydrogens is 472 g/mol. The normalized spacial score (nSPS) is 54.8. The molecule has 4 fully saturated rings. The van der Waals surface area contributed by atoms with Crippen LogP contribution in [0, 0.1) is 50.2 Å². The van der Waals surface area contributed by atoms with Crippen molar-refractivity contribution in [2.24, 2.45) is 50.2 Å². The van der Waals surface area contributed by atoms with Crippen LogP contribution in [0.25, 0.3) is 0 Å². The zero-order valence-electron chi connectivity index (χ0n) is 23.3. The molecule has 0 spiro atoms. The van der Waals surface area contributed by atoms with E-state index in [4.69, 9.17) is 0 Å². The highest BCUT2D eigenvalue weighted by atomic mass is 16.4. The molecule has 0 unspecified atom stereocenters. The van der Waals surface area contributed by atoms with Crippen LogP contribution in [0.4, 0.5) is 0 Å². The third-order valence-electron chi connectivity index (χ3n) is 13.1. The molecule has 0 saturated heterocycles. The standard InChI is InChI=1S/C30H46O7/c1-25(2)9-11-30(24(36)37)12-10-28(5)16(20(30)23(25)35)13-17(32)21-26(3)14-18(33)22(34)27(4,15-31)19(26)7-8-29(21,28)6/h13,18-23,31,33-35H,7-12,14-15H2,1-6H3,(H,36,37)/t18-,19-,20-,21-,22+,23+,26+,27-,28-,29-,30+/m1/s1. The van der Waals surface area contributed by atoms with Gasteiger partial charge in [-0.1, -0.05) is 47.1 Å². The molecule has 5 aliphatic carbocycles. The van der Waals surface area contributed by atoms with Gasteiger partial charge in [0.05, 0.1) is 30.3 Å². The minimum Gasteiger partial charge on any atom is -0.481 e. The Labute approximate surface area is 220 Å². The van der Waals surface area contributed by atoms with Crippen LogP contribution in [0.15, 0.2) is 11.6 Å². The molecule has 0 radical (unpaired) electrons. The molecule has 37 heavy (non-hydrogen) atoms. The summed E-state index contributed by atoms with van der Waals surface area (Å²) in [5, 5.41) is 54.4. The average molecular weight is 519 g/mol. The van der Waals surface area contributed by atoms with Crippen LogP contribution >= 0.6 is 0 Å². The van der Waals surface area contributed by atoms with Gasteiger partial charge >= 0.3 is 5.97 Å². The maximum Gasteiger partial charge on any atom is 0.310 e. The summed E-state index contributed by atoms with van der Waals surface area (Å²) in [6.07, 6.45) is 2.56. The molecule has 11 atom stereocenters. The summed E-state index contributed by atoms with van der Waals surface area (Å²) < 4.78 is 0. The molecule has 0 aromatic rings. The van der Waals surface area contributed by atoms with Gasteiger partial charge in [0, 0.05) is 17.3 Å². The van der Waals surface area contributed by atoms with E-state index in [1.54, 1.807) is 6.08 Å². The van der Waals surface area contributed by atoms with Crippen LogP contribution in [-0.4, -0.2) is 62.2 Å². The van der Waals surface area contributed by atoms with Gasteiger partial charge in [-0.15, -0.1) is 0 Å². The lowest BCUT2D eigenvalue weighted by Crippen LogP contribution is -2.70. The number of carbonyl (C=O) groups is 2. The number of aliphatic hydroxyl groups is 4. The number of carboxylic acid groups (broad SMARTS) is 1. The van der Waals surface area contributed by atoms with Crippen molar-refractivity contribution in [2.45, 2.75) is 105 Å². The summed E-state index contributed by atoms with van der Waals surface area (Å²) >= 11 is 0. The van der Waals surface area contributed by atoms with Gasteiger partial charge in [-0.25, -0.2) is 0 Å². The van der Waals surface area contributed by atoms with Gasteiger partial charge in [0.15, 0.2) is 5.78 Å². The number of ketones is 1. The number of hydrogen-bond acceptors (Lipinski definition) is 6. The zero-order chi connectivity index (χ0) is 27.6. The number of carbonyl (C=O) groups excluding carboxylic acids is 1. The molecule has 0 aliphatic heterocycles. The van der Waals surface area contributed by atoms with Crippen LogP contribution in [0.2, 0.25) is 0 Å². The first-order valence-electron chi connectivity index (χ1n) is 14.1. The van der Waals surface area contributed by atoms with Crippen molar-refractivity contribution < 1.29 is 35.1 Å². The lowest BCUT2D eigenvalue weighted by Gasteiger charge is -2.71. The average Bonchev–Trinajstić information content (AvgIpc) is 2.80. The van der Waals surface area contributed by atoms with E-state index in [1.165, 1.54) is 0 Å². The molecule has 0 aromatic carbocycles. The lowest BCUT2D eigenvalue weighted by molar-refractivity contribution is -0.241. The minimum atomic E-state index is -1.08. The first kappa shape index (κ1) is 27.3. The first-order chi connectivity index (χ1) is 17.0. The SMILES string of the molecule is CC1(C)CC[C@]2(C(=O)O)CC[C@]3(C)C(=CC(=O)[C@@H]4[C@@]5(C)C[C@@H](O)[C@H](O)[C@](C)(CO)[C@@H]5CC[C@]43C)[C@@H]2[C@@H]1O. The third-order valence-corrected chi connectivity index (χ3v) is 13.1. The van der Waals surface area contributed by atoms with E-state index in [2.05, 4.69) is 13.8 Å². The van der Waals surface area contributed by atoms with E-state index in [-0.39, 0.29) is 24.7 Å². The number of aliphatic hydroxyl groups excluding tert-OH is 4. The van der Waals surface area contributed by atoms with Crippen LogP contribution in [0.1, 0.15) is 86.5 Å². The quantitative estimate of drug-likeness (QED) is 0.378. The molecule has 0 heterocycles. The largest absolute Gasteiger partial charge is 0.481 e. The number of rotatable bonds is 2. The number of carboxylic acids is 1. The third kappa shape index (κ3) is 3.09. The van der Waals surface area contributed by atoms with E-state index < -0.39 is 68.6 Å². The van der Waals surface area contributed by atoms with Gasteiger partial charge in [0.25, 0.3) is 0 Å². The Hall–Kier alpha value is -1.28. The Kier molecular flexibility index (Phi) is 5.82. The van der Waals surface area contributed by atoms with Gasteiger partial charge in [-0.2, -0.15) is 0 Å². The molecule has 7 heteroatoms. The van der Waals surface area contributed by atoms with Crippen molar-refractivity contribution in [3.05, 3.63) is 11.6 Å². The number of aliphatic carboxylic acids is 1. The van der Waals surface area contributed by atoms with Crippen molar-refractivity contribution in [2.75, 3.05) is 6.61 Å². The van der Waals surface area contributed by atoms with E-state index >= 15 is 0 Å². The van der Waals surface area contributed by atoms with Crippen molar-refractivity contribution in [1.29, 1.82) is 0 Å². The summed E-state index contributed by atoms with van der Waals surface area (Å²) in [4.78, 5) is 27.1. The van der Waals surface area contributed by atoms with Gasteiger partial charge in [0.2, 0.25) is 0 Å². The maximum atomic E-state index is 14.3. The second kappa shape index (κ2) is 7.89. The monoisotopic (exact) mass is 518 g/mol. The van der Waals surface area contributed by atoms with Crippen molar-refractivity contribution in [3.63, 3.8) is 0 Å². The highest BCUT2D eigenvalue weighted by molar-refractivity contribution is 5.96. The predicted octanol–water partition coefficient (Wildman–Crippen LogP) is 3.33. The maximum absolute atomic E-state index is 14.3. The fraction of sp³-hybridized carbons (Fsp3) is 0.867. The van der Waals surface area contributed by atoms with Gasteiger partial charge in [0.1, 0.15) is 0 Å². The fourth-order valence-electron chi connectivity index (χ4n) is 10.6. The first-order valence-corrected chi connectivity index (χ1v) is 14.1. The van der Waals surface area contributed by atoms with E-state index in [0.29, 0.717) is 38.5 Å². The topological polar surface area (TPSA) is 135 Å². The van der Waals surface area contributed by atoms with Gasteiger partial charge in [-0.3, -0.25) is 9.59 Å². The smallest absolute Gasteiger partial charge is 0.310 e. The van der Waals surface area contributed by atoms with Gasteiger partial charge < -0.3 is 25.5 Å².